The molecule has 0 unspecified atom stereocenters. The highest BCUT2D eigenvalue weighted by molar-refractivity contribution is 6.30. The minimum absolute atomic E-state index is 0.0167. The molecule has 3 saturated heterocycles. The van der Waals surface area contributed by atoms with Crippen molar-refractivity contribution in [2.45, 2.75) is 152 Å². The van der Waals surface area contributed by atoms with E-state index in [2.05, 4.69) is 63.4 Å². The second-order valence-corrected chi connectivity index (χ2v) is 30.3. The van der Waals surface area contributed by atoms with Crippen LogP contribution in [0.3, 0.4) is 0 Å². The molecule has 6 aromatic carbocycles. The minimum atomic E-state index is -1.84. The van der Waals surface area contributed by atoms with Crippen molar-refractivity contribution < 1.29 is 72.1 Å². The smallest absolute Gasteiger partial charge is 0.321 e. The van der Waals surface area contributed by atoms with Gasteiger partial charge in [-0.3, -0.25) is 58.3 Å². The third kappa shape index (κ3) is 28.0. The first-order valence-electron chi connectivity index (χ1n) is 39.3. The molecule has 3 aliphatic heterocycles. The van der Waals surface area contributed by atoms with Crippen LogP contribution in [0.1, 0.15) is 86.3 Å². The van der Waals surface area contributed by atoms with Crippen molar-refractivity contribution in [3.63, 3.8) is 0 Å². The van der Waals surface area contributed by atoms with E-state index in [1.807, 2.05) is 48.5 Å². The summed E-state index contributed by atoms with van der Waals surface area (Å²) in [6.07, 6.45) is -0.157. The third-order valence-corrected chi connectivity index (χ3v) is 20.6. The molecular weight excluding hydrogens is 1520 g/mol. The molecule has 0 radical (unpaired) electrons. The molecule has 0 bridgehead atoms. The zero-order chi connectivity index (χ0) is 84.1. The summed E-state index contributed by atoms with van der Waals surface area (Å²) in [5.41, 5.74) is 20.7. The number of hydrogen-bond acceptors (Lipinski definition) is 17. The van der Waals surface area contributed by atoms with Gasteiger partial charge in [-0.25, -0.2) is 9.59 Å². The van der Waals surface area contributed by atoms with E-state index in [4.69, 9.17) is 43.7 Å². The van der Waals surface area contributed by atoms with Gasteiger partial charge in [-0.15, -0.1) is 0 Å². The molecule has 34 heteroatoms. The van der Waals surface area contributed by atoms with E-state index < -0.39 is 132 Å². The van der Waals surface area contributed by atoms with E-state index in [1.165, 1.54) is 11.8 Å². The SMILES string of the molecule is CC(C)C[C@H](NC(=O)[C@@H](Cc1ccc(NC(=O)N2CCOCC2)cc1)NC(=O)[C@H](Cc1ccc(CN2CCOCC2)cc1)NC(=O)[C@H](CO)NC(=O)[C@@H](Cc1ccccc1)NC(=O)[C@@H](Cc1ccc(Cl)cc1)NC(=O)[C@@H](Cc1ccc2ccccc2c1)NC(N)=O)C(=O)N[C@@H](CCCNC(=N)N)C(=O)N1CCC[C@H]1C(=O)N[C@H](C)C(N)=O. The zero-order valence-electron chi connectivity index (χ0n) is 65.9. The summed E-state index contributed by atoms with van der Waals surface area (Å²) in [4.78, 5) is 177. The highest BCUT2D eigenvalue weighted by atomic mass is 35.5. The molecule has 0 saturated carbocycles. The summed E-state index contributed by atoms with van der Waals surface area (Å²) in [7, 11) is 0. The molecule has 3 aliphatic rings. The number of rotatable bonds is 39. The van der Waals surface area contributed by atoms with Crippen molar-refractivity contribution in [3.05, 3.63) is 184 Å². The topological polar surface area (TPSA) is 487 Å². The van der Waals surface area contributed by atoms with Gasteiger partial charge in [0.1, 0.15) is 60.4 Å². The zero-order valence-corrected chi connectivity index (χ0v) is 66.6. The average molecular weight is 1630 g/mol. The van der Waals surface area contributed by atoms with Crippen molar-refractivity contribution in [2.75, 3.05) is 77.6 Å². The lowest BCUT2D eigenvalue weighted by Gasteiger charge is -2.31. The number of nitrogens with one attached hydrogen (secondary N) is 12. The van der Waals surface area contributed by atoms with Gasteiger partial charge in [0.15, 0.2) is 5.96 Å². The van der Waals surface area contributed by atoms with Crippen molar-refractivity contribution in [1.82, 2.24) is 67.9 Å². The third-order valence-electron chi connectivity index (χ3n) is 20.3. The van der Waals surface area contributed by atoms with Crippen LogP contribution in [-0.2, 0) is 96.1 Å². The summed E-state index contributed by atoms with van der Waals surface area (Å²) >= 11 is 6.28. The molecule has 3 heterocycles. The van der Waals surface area contributed by atoms with Crippen molar-refractivity contribution in [3.8, 4) is 0 Å². The number of nitrogens with zero attached hydrogens (tertiary/aromatic N) is 3. The van der Waals surface area contributed by atoms with Gasteiger partial charge in [-0.2, -0.15) is 0 Å². The highest BCUT2D eigenvalue weighted by Crippen LogP contribution is 2.23. The largest absolute Gasteiger partial charge is 0.394 e. The van der Waals surface area contributed by atoms with Gasteiger partial charge in [0, 0.05) is 88.6 Å². The van der Waals surface area contributed by atoms with Crippen molar-refractivity contribution in [1.29, 1.82) is 5.41 Å². The van der Waals surface area contributed by atoms with Crippen LogP contribution in [0.15, 0.2) is 146 Å². The van der Waals surface area contributed by atoms with E-state index >= 15 is 24.0 Å². The molecule has 117 heavy (non-hydrogen) atoms. The van der Waals surface area contributed by atoms with Crippen LogP contribution >= 0.6 is 11.6 Å². The quantitative estimate of drug-likeness (QED) is 0.0147. The summed E-state index contributed by atoms with van der Waals surface area (Å²) in [6, 6.07) is 26.3. The molecule has 0 aliphatic carbocycles. The lowest BCUT2D eigenvalue weighted by atomic mass is 9.99. The number of morpholine rings is 2. The number of hydrogen-bond donors (Lipinski definition) is 16. The lowest BCUT2D eigenvalue weighted by Crippen LogP contribution is -2.62. The normalized spacial score (nSPS) is 16.5. The number of carbonyl (C=O) groups is 12. The number of urea groups is 2. The fraction of sp³-hybridized carbons (Fsp3) is 0.434. The van der Waals surface area contributed by atoms with Crippen LogP contribution < -0.4 is 75.7 Å². The maximum Gasteiger partial charge on any atom is 0.321 e. The molecular formula is C83H107ClN18O15. The number of aliphatic hydroxyl groups excluding tert-OH is 1. The maximum atomic E-state index is 15.6. The molecule has 9 rings (SSSR count). The summed E-state index contributed by atoms with van der Waals surface area (Å²) in [6.45, 7) is 8.70. The predicted molar refractivity (Wildman–Crippen MR) is 438 cm³/mol. The summed E-state index contributed by atoms with van der Waals surface area (Å²) < 4.78 is 11.0. The summed E-state index contributed by atoms with van der Waals surface area (Å²) in [5.74, 6) is -9.10. The lowest BCUT2D eigenvalue weighted by molar-refractivity contribution is -0.142. The van der Waals surface area contributed by atoms with Crippen LogP contribution in [0, 0.1) is 11.3 Å². The van der Waals surface area contributed by atoms with Crippen LogP contribution in [0.25, 0.3) is 10.8 Å². The molecule has 0 aromatic heterocycles. The van der Waals surface area contributed by atoms with Gasteiger partial charge in [0.2, 0.25) is 59.1 Å². The van der Waals surface area contributed by atoms with Crippen LogP contribution in [0.2, 0.25) is 5.02 Å². The van der Waals surface area contributed by atoms with E-state index in [0.29, 0.717) is 104 Å². The Kier molecular flexibility index (Phi) is 33.8. The molecule has 14 amide bonds. The number of halogens is 1. The Morgan fingerprint density at radius 1 is 0.496 bits per heavy atom. The Balaban J connectivity index is 1.00. The number of benzene rings is 6. The first-order chi connectivity index (χ1) is 56.1. The number of likely N-dealkylation sites (tertiary alicyclic amines) is 1. The molecule has 33 nitrogen and oxygen atoms in total. The van der Waals surface area contributed by atoms with Crippen LogP contribution in [0.5, 0.6) is 0 Å². The molecule has 19 N–H and O–H groups in total. The minimum Gasteiger partial charge on any atom is -0.394 e. The van der Waals surface area contributed by atoms with Gasteiger partial charge in [0.05, 0.1) is 33.0 Å². The Labute approximate surface area is 684 Å². The number of anilines is 1. The molecule has 6 aromatic rings. The van der Waals surface area contributed by atoms with E-state index in [1.54, 1.807) is 116 Å². The number of fused-ring (bicyclic) bond motifs is 1. The van der Waals surface area contributed by atoms with Gasteiger partial charge in [-0.1, -0.05) is 147 Å². The average Bonchev–Trinajstić information content (AvgIpc) is 1.62. The van der Waals surface area contributed by atoms with Crippen molar-refractivity contribution in [2.24, 2.45) is 23.1 Å². The number of aliphatic hydroxyl groups is 1. The predicted octanol–water partition coefficient (Wildman–Crippen LogP) is 1.42. The first kappa shape index (κ1) is 89.2. The number of amides is 14. The van der Waals surface area contributed by atoms with E-state index in [9.17, 15) is 38.7 Å². The number of guanidine groups is 1. The molecule has 3 fully saturated rings. The number of nitrogens with two attached hydrogens (primary N) is 3. The highest BCUT2D eigenvalue weighted by Gasteiger charge is 2.41. The second-order valence-electron chi connectivity index (χ2n) is 29.9. The van der Waals surface area contributed by atoms with E-state index in [0.717, 1.165) is 16.3 Å². The maximum absolute atomic E-state index is 15.6. The van der Waals surface area contributed by atoms with E-state index in [-0.39, 0.29) is 88.8 Å². The molecule has 10 atom stereocenters. The Bertz CT molecular complexity index is 4420. The van der Waals surface area contributed by atoms with Gasteiger partial charge < -0.3 is 100 Å². The molecule has 0 spiro atoms. The Hall–Kier alpha value is -11.8. The van der Waals surface area contributed by atoms with Crippen LogP contribution in [0.4, 0.5) is 15.3 Å². The first-order valence-corrected chi connectivity index (χ1v) is 39.7. The summed E-state index contributed by atoms with van der Waals surface area (Å²) in [5, 5.41) is 51.0. The fourth-order valence-corrected chi connectivity index (χ4v) is 14.1. The van der Waals surface area contributed by atoms with Gasteiger partial charge in [0.25, 0.3) is 0 Å². The second kappa shape index (κ2) is 44.4. The van der Waals surface area contributed by atoms with Crippen LogP contribution in [-0.4, -0.2) is 230 Å². The number of ether oxygens (including phenoxy) is 2. The van der Waals surface area contributed by atoms with Gasteiger partial charge in [-0.05, 0) is 113 Å². The fourth-order valence-electron chi connectivity index (χ4n) is 14.0. The van der Waals surface area contributed by atoms with Crippen molar-refractivity contribution >= 4 is 105 Å². The van der Waals surface area contributed by atoms with Gasteiger partial charge >= 0.3 is 12.1 Å². The standard InChI is InChI=1S/C83H107ClN18O15/c1-50(2)41-63(72(105)92-62(15-9-31-89-81(86)87)80(113)102-32-10-16-70(102)79(112)90-51(3)71(85)104)93-73(106)66(46-55-24-29-61(30-25-55)91-83(115)101-35-39-117-40-36-101)95-75(108)67(44-53-17-19-56(20-18-53)48-100-33-37-116-38-34-100)97-78(111)69(49-103)98-76(109)64(43-52-11-5-4-6-12-52)94-74(107)65(45-54-22-27-60(84)28-23-54)96-77(110)68(99-82(88)114)47-57-21-26-58-13-7-8-14-59(58)42-57/h4-8,11-14,17-30,42,50-51,62-70,103H,9-10,15-16,31-41,43-49H2,1-3H3,(H2,85,104)(H,90,112)(H,91,115)(H,92,105)(H,93,106)(H,94,107)(H,95,108)(H,96,110)(H,97,111)(H,98,109)(H4,86,87,89)(H3,88,99,114)/t51-,62+,63+,64-,65-,66-,67+,68-,69+,70+/m1/s1. The number of carbonyl (C=O) groups excluding carboxylic acids is 12. The molecule has 626 valence electrons. The monoisotopic (exact) mass is 1630 g/mol. The Morgan fingerprint density at radius 3 is 1.47 bits per heavy atom. The Morgan fingerprint density at radius 2 is 0.940 bits per heavy atom. The number of primary amides is 2.